The Hall–Kier alpha value is -2.38. The van der Waals surface area contributed by atoms with Crippen LogP contribution in [0, 0.1) is 0 Å². The van der Waals surface area contributed by atoms with Crippen molar-refractivity contribution < 1.29 is 29.8 Å². The number of benzene rings is 4. The predicted octanol–water partition coefficient (Wildman–Crippen LogP) is 6.06. The highest BCUT2D eigenvalue weighted by atomic mass is 35.5. The minimum atomic E-state index is -4.41. The number of rotatable bonds is 7. The first-order valence-corrected chi connectivity index (χ1v) is 16.2. The molecule has 0 fully saturated rings. The molecular weight excluding hydrogens is 599 g/mol. The van der Waals surface area contributed by atoms with Crippen molar-refractivity contribution in [3.63, 3.8) is 0 Å². The normalized spacial score (nSPS) is 12.4. The summed E-state index contributed by atoms with van der Waals surface area (Å²) in [4.78, 5) is -0.343. The van der Waals surface area contributed by atoms with Crippen LogP contribution in [-0.2, 0) is 29.8 Å². The number of hydrogen-bond donors (Lipinski definition) is 1. The van der Waals surface area contributed by atoms with Gasteiger partial charge in [0.2, 0.25) is 19.7 Å². The van der Waals surface area contributed by atoms with Gasteiger partial charge in [-0.3, -0.25) is 4.55 Å². The third kappa shape index (κ3) is 6.04. The smallest absolute Gasteiger partial charge is 0.282 e. The van der Waals surface area contributed by atoms with Gasteiger partial charge in [0.05, 0.1) is 24.5 Å². The fourth-order valence-corrected chi connectivity index (χ4v) is 7.98. The lowest BCUT2D eigenvalue weighted by molar-refractivity contribution is 0.483. The lowest BCUT2D eigenvalue weighted by Gasteiger charge is -2.13. The first kappa shape index (κ1) is 27.6. The van der Waals surface area contributed by atoms with E-state index in [1.54, 1.807) is 0 Å². The molecule has 0 aliphatic carbocycles. The molecule has 0 unspecified atom stereocenters. The van der Waals surface area contributed by atoms with E-state index in [1.807, 2.05) is 0 Å². The molecular formula is C24H16Cl2O7S4. The maximum absolute atomic E-state index is 13.6. The van der Waals surface area contributed by atoms with Crippen molar-refractivity contribution in [2.45, 2.75) is 34.3 Å². The van der Waals surface area contributed by atoms with Crippen LogP contribution in [0.4, 0.5) is 0 Å². The van der Waals surface area contributed by atoms with Gasteiger partial charge < -0.3 is 0 Å². The van der Waals surface area contributed by atoms with Crippen LogP contribution in [0.15, 0.2) is 125 Å². The fourth-order valence-electron chi connectivity index (χ4n) is 3.25. The molecule has 0 spiro atoms. The molecule has 0 radical (unpaired) electrons. The van der Waals surface area contributed by atoms with E-state index in [-0.39, 0.29) is 29.4 Å². The van der Waals surface area contributed by atoms with E-state index < -0.39 is 29.8 Å². The second-order valence-corrected chi connectivity index (χ2v) is 14.8. The van der Waals surface area contributed by atoms with E-state index in [1.165, 1.54) is 84.9 Å². The van der Waals surface area contributed by atoms with Crippen LogP contribution >= 0.6 is 35.0 Å². The maximum atomic E-state index is 13.6. The summed E-state index contributed by atoms with van der Waals surface area (Å²) >= 11 is 12.8. The largest absolute Gasteiger partial charge is 0.294 e. The van der Waals surface area contributed by atoms with Crippen LogP contribution in [0.1, 0.15) is 0 Å². The van der Waals surface area contributed by atoms with Gasteiger partial charge in [0, 0.05) is 19.8 Å². The summed E-state index contributed by atoms with van der Waals surface area (Å²) in [6.45, 7) is 0. The van der Waals surface area contributed by atoms with E-state index in [4.69, 9.17) is 23.2 Å². The van der Waals surface area contributed by atoms with Gasteiger partial charge in [-0.05, 0) is 91.0 Å². The lowest BCUT2D eigenvalue weighted by atomic mass is 10.3. The maximum Gasteiger partial charge on any atom is 0.294 e. The SMILES string of the molecule is O=S(=O)(O)c1ccc(Sc2ccc(S(=O)(=O)c3ccc(Cl)cc3)cc2S(=O)(=O)c2ccc(Cl)cc2)cc1. The summed E-state index contributed by atoms with van der Waals surface area (Å²) in [6, 6.07) is 19.8. The van der Waals surface area contributed by atoms with Gasteiger partial charge >= 0.3 is 0 Å². The Labute approximate surface area is 228 Å². The van der Waals surface area contributed by atoms with E-state index in [0.717, 1.165) is 17.8 Å². The van der Waals surface area contributed by atoms with E-state index in [9.17, 15) is 29.8 Å². The average molecular weight is 616 g/mol. The number of halogens is 2. The minimum absolute atomic E-state index is 0.0621. The molecule has 0 amide bonds. The lowest BCUT2D eigenvalue weighted by Crippen LogP contribution is -2.07. The molecule has 4 aromatic rings. The van der Waals surface area contributed by atoms with Crippen LogP contribution in [-0.4, -0.2) is 29.8 Å². The zero-order chi connectivity index (χ0) is 27.0. The molecule has 0 saturated heterocycles. The quantitative estimate of drug-likeness (QED) is 0.249. The first-order valence-electron chi connectivity index (χ1n) is 10.2. The summed E-state index contributed by atoms with van der Waals surface area (Å²) in [7, 11) is -12.7. The Morgan fingerprint density at radius 1 is 0.541 bits per heavy atom. The van der Waals surface area contributed by atoms with E-state index in [2.05, 4.69) is 0 Å². The second kappa shape index (κ2) is 10.4. The Morgan fingerprint density at radius 3 is 1.46 bits per heavy atom. The second-order valence-electron chi connectivity index (χ2n) is 7.57. The predicted molar refractivity (Wildman–Crippen MR) is 141 cm³/mol. The van der Waals surface area contributed by atoms with Gasteiger partial charge in [0.1, 0.15) is 0 Å². The zero-order valence-electron chi connectivity index (χ0n) is 18.4. The fraction of sp³-hybridized carbons (Fsp3) is 0. The molecule has 0 heterocycles. The molecule has 0 saturated carbocycles. The standard InChI is InChI=1S/C24H16Cl2O7S4/c25-16-1-7-19(8-2-16)35(27,28)22-13-14-23(34-18-5-11-21(12-6-18)37(31,32)33)24(15-22)36(29,30)20-9-3-17(26)4-10-20/h1-15H,(H,31,32,33). The molecule has 0 bridgehead atoms. The van der Waals surface area contributed by atoms with Gasteiger partial charge in [-0.2, -0.15) is 8.42 Å². The molecule has 192 valence electrons. The molecule has 0 atom stereocenters. The molecule has 0 aromatic heterocycles. The van der Waals surface area contributed by atoms with Crippen LogP contribution in [0.2, 0.25) is 10.0 Å². The minimum Gasteiger partial charge on any atom is -0.282 e. The molecule has 4 aromatic carbocycles. The third-order valence-electron chi connectivity index (χ3n) is 5.11. The van der Waals surface area contributed by atoms with Crippen molar-refractivity contribution in [2.24, 2.45) is 0 Å². The Bertz CT molecular complexity index is 1780. The van der Waals surface area contributed by atoms with Crippen LogP contribution < -0.4 is 0 Å². The molecule has 13 heteroatoms. The summed E-state index contributed by atoms with van der Waals surface area (Å²) < 4.78 is 85.6. The van der Waals surface area contributed by atoms with Crippen molar-refractivity contribution in [3.8, 4) is 0 Å². The number of sulfone groups is 2. The number of hydrogen-bond acceptors (Lipinski definition) is 7. The van der Waals surface area contributed by atoms with Crippen molar-refractivity contribution >= 4 is 64.8 Å². The average Bonchev–Trinajstić information content (AvgIpc) is 2.84. The summed E-state index contributed by atoms with van der Waals surface area (Å²) in [5.41, 5.74) is 0. The monoisotopic (exact) mass is 614 g/mol. The highest BCUT2D eigenvalue weighted by Crippen LogP contribution is 2.38. The highest BCUT2D eigenvalue weighted by Gasteiger charge is 2.26. The van der Waals surface area contributed by atoms with Crippen LogP contribution in [0.3, 0.4) is 0 Å². The van der Waals surface area contributed by atoms with E-state index >= 15 is 0 Å². The van der Waals surface area contributed by atoms with Crippen LogP contribution in [0.5, 0.6) is 0 Å². The van der Waals surface area contributed by atoms with Crippen molar-refractivity contribution in [3.05, 3.63) is 101 Å². The van der Waals surface area contributed by atoms with Gasteiger partial charge in [-0.1, -0.05) is 35.0 Å². The van der Waals surface area contributed by atoms with Crippen molar-refractivity contribution in [1.29, 1.82) is 0 Å². The summed E-state index contributed by atoms with van der Waals surface area (Å²) in [6.07, 6.45) is 0. The third-order valence-corrected chi connectivity index (χ3v) is 11.3. The molecule has 7 nitrogen and oxygen atoms in total. The molecule has 4 rings (SSSR count). The summed E-state index contributed by atoms with van der Waals surface area (Å²) in [5, 5.41) is 0.670. The van der Waals surface area contributed by atoms with E-state index in [0.29, 0.717) is 14.9 Å². The Balaban J connectivity index is 1.86. The molecule has 0 aliphatic rings. The molecule has 37 heavy (non-hydrogen) atoms. The topological polar surface area (TPSA) is 123 Å². The van der Waals surface area contributed by atoms with Crippen molar-refractivity contribution in [1.82, 2.24) is 0 Å². The van der Waals surface area contributed by atoms with Gasteiger partial charge in [-0.25, -0.2) is 16.8 Å². The van der Waals surface area contributed by atoms with Crippen molar-refractivity contribution in [2.75, 3.05) is 0 Å². The Kier molecular flexibility index (Phi) is 7.78. The molecule has 0 aliphatic heterocycles. The zero-order valence-corrected chi connectivity index (χ0v) is 23.2. The first-order chi connectivity index (χ1) is 17.3. The van der Waals surface area contributed by atoms with Crippen LogP contribution in [0.25, 0.3) is 0 Å². The van der Waals surface area contributed by atoms with Gasteiger partial charge in [-0.15, -0.1) is 0 Å². The molecule has 1 N–H and O–H groups in total. The Morgan fingerprint density at radius 2 is 0.973 bits per heavy atom. The highest BCUT2D eigenvalue weighted by molar-refractivity contribution is 8.00. The summed E-state index contributed by atoms with van der Waals surface area (Å²) in [5.74, 6) is 0. The van der Waals surface area contributed by atoms with Gasteiger partial charge in [0.15, 0.2) is 0 Å². The van der Waals surface area contributed by atoms with Gasteiger partial charge in [0.25, 0.3) is 10.1 Å².